The van der Waals surface area contributed by atoms with Crippen LogP contribution in [-0.4, -0.2) is 11.6 Å². The smallest absolute Gasteiger partial charge is 0.240 e. The second kappa shape index (κ2) is 13.9. The fourth-order valence-electron chi connectivity index (χ4n) is 2.77. The van der Waals surface area contributed by atoms with Gasteiger partial charge in [-0.2, -0.15) is 5.10 Å². The third-order valence-corrected chi connectivity index (χ3v) is 4.59. The van der Waals surface area contributed by atoms with Gasteiger partial charge < -0.3 is 0 Å². The van der Waals surface area contributed by atoms with Crippen molar-refractivity contribution in [2.24, 2.45) is 5.10 Å². The standard InChI is InChI=1S/C21H33ClN2O/c1-3-5-6-7-8-9-10-11-12-13-21(25)24-23-20(4-2)18-14-16-19(22)17-15-18/h14-17H,3-13H2,1-2H3,(H,24,25)/b23-20+. The molecule has 1 N–H and O–H groups in total. The van der Waals surface area contributed by atoms with E-state index >= 15 is 0 Å². The average molecular weight is 365 g/mol. The molecule has 4 heteroatoms. The van der Waals surface area contributed by atoms with Gasteiger partial charge in [0, 0.05) is 11.4 Å². The van der Waals surface area contributed by atoms with Crippen LogP contribution in [0.5, 0.6) is 0 Å². The van der Waals surface area contributed by atoms with Gasteiger partial charge in [0.15, 0.2) is 0 Å². The number of carbonyl (C=O) groups excluding carboxylic acids is 1. The fraction of sp³-hybridized carbons (Fsp3) is 0.619. The van der Waals surface area contributed by atoms with E-state index in [4.69, 9.17) is 11.6 Å². The summed E-state index contributed by atoms with van der Waals surface area (Å²) in [5.74, 6) is 0.00265. The summed E-state index contributed by atoms with van der Waals surface area (Å²) in [7, 11) is 0. The number of rotatable bonds is 13. The number of hydrogen-bond acceptors (Lipinski definition) is 2. The molecule has 0 aromatic heterocycles. The number of halogens is 1. The zero-order valence-corrected chi connectivity index (χ0v) is 16.6. The first-order valence-electron chi connectivity index (χ1n) is 9.78. The van der Waals surface area contributed by atoms with Crippen LogP contribution in [0.1, 0.15) is 90.0 Å². The van der Waals surface area contributed by atoms with Crippen molar-refractivity contribution >= 4 is 23.2 Å². The number of benzene rings is 1. The molecule has 0 atom stereocenters. The molecule has 0 aliphatic rings. The van der Waals surface area contributed by atoms with Crippen molar-refractivity contribution < 1.29 is 4.79 Å². The number of nitrogens with zero attached hydrogens (tertiary/aromatic N) is 1. The Balaban J connectivity index is 2.17. The number of carbonyl (C=O) groups is 1. The van der Waals surface area contributed by atoms with Crippen LogP contribution in [0, 0.1) is 0 Å². The highest BCUT2D eigenvalue weighted by Gasteiger charge is 2.04. The molecule has 0 fully saturated rings. The lowest BCUT2D eigenvalue weighted by Crippen LogP contribution is -2.19. The lowest BCUT2D eigenvalue weighted by atomic mass is 10.1. The average Bonchev–Trinajstić information content (AvgIpc) is 2.62. The third-order valence-electron chi connectivity index (χ3n) is 4.34. The largest absolute Gasteiger partial charge is 0.273 e. The van der Waals surface area contributed by atoms with Gasteiger partial charge in [-0.25, -0.2) is 5.43 Å². The molecule has 0 radical (unpaired) electrons. The SMILES string of the molecule is CCCCCCCCCCCC(=O)N/N=C(\CC)c1ccc(Cl)cc1. The van der Waals surface area contributed by atoms with E-state index in [-0.39, 0.29) is 5.91 Å². The topological polar surface area (TPSA) is 41.5 Å². The van der Waals surface area contributed by atoms with Gasteiger partial charge in [-0.1, -0.05) is 88.9 Å². The van der Waals surface area contributed by atoms with Crippen molar-refractivity contribution in [3.8, 4) is 0 Å². The summed E-state index contributed by atoms with van der Waals surface area (Å²) in [6, 6.07) is 7.53. The minimum atomic E-state index is 0.00265. The maximum Gasteiger partial charge on any atom is 0.240 e. The minimum absolute atomic E-state index is 0.00265. The third kappa shape index (κ3) is 10.3. The van der Waals surface area contributed by atoms with Crippen LogP contribution in [0.15, 0.2) is 29.4 Å². The molecule has 0 bridgehead atoms. The summed E-state index contributed by atoms with van der Waals surface area (Å²) in [4.78, 5) is 11.9. The summed E-state index contributed by atoms with van der Waals surface area (Å²) < 4.78 is 0. The molecular formula is C21H33ClN2O. The normalized spacial score (nSPS) is 11.6. The Hall–Kier alpha value is -1.35. The van der Waals surface area contributed by atoms with Crippen LogP contribution in [0.4, 0.5) is 0 Å². The molecular weight excluding hydrogens is 332 g/mol. The molecule has 0 spiro atoms. The summed E-state index contributed by atoms with van der Waals surface area (Å²) >= 11 is 5.90. The van der Waals surface area contributed by atoms with E-state index in [2.05, 4.69) is 17.5 Å². The molecule has 0 aliphatic carbocycles. The van der Waals surface area contributed by atoms with E-state index in [1.807, 2.05) is 31.2 Å². The molecule has 0 aliphatic heterocycles. The Morgan fingerprint density at radius 3 is 2.04 bits per heavy atom. The van der Waals surface area contributed by atoms with Crippen molar-refractivity contribution in [1.82, 2.24) is 5.43 Å². The maximum absolute atomic E-state index is 11.9. The van der Waals surface area contributed by atoms with Gasteiger partial charge in [0.25, 0.3) is 0 Å². The van der Waals surface area contributed by atoms with Crippen LogP contribution in [0.3, 0.4) is 0 Å². The Morgan fingerprint density at radius 1 is 0.920 bits per heavy atom. The van der Waals surface area contributed by atoms with Gasteiger partial charge in [-0.05, 0) is 30.5 Å². The quantitative estimate of drug-likeness (QED) is 0.242. The maximum atomic E-state index is 11.9. The van der Waals surface area contributed by atoms with Crippen LogP contribution >= 0.6 is 11.6 Å². The molecule has 25 heavy (non-hydrogen) atoms. The molecule has 3 nitrogen and oxygen atoms in total. The molecule has 0 saturated carbocycles. The number of hydrogen-bond donors (Lipinski definition) is 1. The molecule has 1 aromatic rings. The summed E-state index contributed by atoms with van der Waals surface area (Å²) in [5.41, 5.74) is 4.56. The minimum Gasteiger partial charge on any atom is -0.273 e. The zero-order chi connectivity index (χ0) is 18.3. The summed E-state index contributed by atoms with van der Waals surface area (Å²) in [6.07, 6.45) is 12.6. The lowest BCUT2D eigenvalue weighted by Gasteiger charge is -2.06. The van der Waals surface area contributed by atoms with E-state index in [9.17, 15) is 4.79 Å². The van der Waals surface area contributed by atoms with Crippen molar-refractivity contribution in [2.45, 2.75) is 84.5 Å². The van der Waals surface area contributed by atoms with Gasteiger partial charge in [0.1, 0.15) is 0 Å². The first kappa shape index (κ1) is 21.7. The first-order chi connectivity index (χ1) is 12.2. The molecule has 1 amide bonds. The van der Waals surface area contributed by atoms with Crippen LogP contribution < -0.4 is 5.43 Å². The Labute approximate surface area is 158 Å². The molecule has 0 heterocycles. The van der Waals surface area contributed by atoms with Gasteiger partial charge >= 0.3 is 0 Å². The Morgan fingerprint density at radius 2 is 1.48 bits per heavy atom. The highest BCUT2D eigenvalue weighted by atomic mass is 35.5. The molecule has 1 rings (SSSR count). The second-order valence-corrected chi connectivity index (χ2v) is 6.97. The molecule has 0 saturated heterocycles. The van der Waals surface area contributed by atoms with E-state index in [1.54, 1.807) is 0 Å². The molecule has 1 aromatic carbocycles. The van der Waals surface area contributed by atoms with Crippen molar-refractivity contribution in [3.05, 3.63) is 34.9 Å². The van der Waals surface area contributed by atoms with E-state index in [0.717, 1.165) is 30.5 Å². The Kier molecular flexibility index (Phi) is 12.0. The highest BCUT2D eigenvalue weighted by molar-refractivity contribution is 6.30. The van der Waals surface area contributed by atoms with Crippen molar-refractivity contribution in [3.63, 3.8) is 0 Å². The van der Waals surface area contributed by atoms with E-state index < -0.39 is 0 Å². The number of hydrazone groups is 1. The molecule has 140 valence electrons. The predicted molar refractivity (Wildman–Crippen MR) is 108 cm³/mol. The zero-order valence-electron chi connectivity index (χ0n) is 15.8. The van der Waals surface area contributed by atoms with Crippen molar-refractivity contribution in [2.75, 3.05) is 0 Å². The summed E-state index contributed by atoms with van der Waals surface area (Å²) in [6.45, 7) is 4.27. The number of nitrogens with one attached hydrogen (secondary N) is 1. The summed E-state index contributed by atoms with van der Waals surface area (Å²) in [5, 5.41) is 4.98. The van der Waals surface area contributed by atoms with Gasteiger partial charge in [-0.3, -0.25) is 4.79 Å². The second-order valence-electron chi connectivity index (χ2n) is 6.53. The monoisotopic (exact) mass is 364 g/mol. The predicted octanol–water partition coefficient (Wildman–Crippen LogP) is 6.49. The highest BCUT2D eigenvalue weighted by Crippen LogP contribution is 2.12. The fourth-order valence-corrected chi connectivity index (χ4v) is 2.90. The van der Waals surface area contributed by atoms with E-state index in [1.165, 1.54) is 44.9 Å². The van der Waals surface area contributed by atoms with Gasteiger partial charge in [0.2, 0.25) is 5.91 Å². The van der Waals surface area contributed by atoms with Crippen LogP contribution in [0.25, 0.3) is 0 Å². The number of amides is 1. The first-order valence-corrected chi connectivity index (χ1v) is 10.2. The van der Waals surface area contributed by atoms with E-state index in [0.29, 0.717) is 11.4 Å². The van der Waals surface area contributed by atoms with Crippen LogP contribution in [-0.2, 0) is 4.79 Å². The molecule has 0 unspecified atom stereocenters. The van der Waals surface area contributed by atoms with Crippen LogP contribution in [0.2, 0.25) is 5.02 Å². The van der Waals surface area contributed by atoms with Gasteiger partial charge in [0.05, 0.1) is 5.71 Å². The Bertz CT molecular complexity index is 511. The number of unbranched alkanes of at least 4 members (excludes halogenated alkanes) is 8. The van der Waals surface area contributed by atoms with Gasteiger partial charge in [-0.15, -0.1) is 0 Å². The lowest BCUT2D eigenvalue weighted by molar-refractivity contribution is -0.121. The van der Waals surface area contributed by atoms with Crippen molar-refractivity contribution in [1.29, 1.82) is 0 Å².